The number of hydrogen-bond donors (Lipinski definition) is 1. The Hall–Kier alpha value is -1.75. The fourth-order valence-electron chi connectivity index (χ4n) is 1.74. The van der Waals surface area contributed by atoms with Crippen molar-refractivity contribution in [1.82, 2.24) is 4.90 Å². The third-order valence-corrected chi connectivity index (χ3v) is 2.95. The molecule has 0 aliphatic carbocycles. The lowest BCUT2D eigenvalue weighted by Gasteiger charge is -2.26. The summed E-state index contributed by atoms with van der Waals surface area (Å²) in [4.78, 5) is 24.6. The van der Waals surface area contributed by atoms with Gasteiger partial charge < -0.3 is 14.7 Å². The average molecular weight is 314 g/mol. The van der Waals surface area contributed by atoms with E-state index in [1.54, 1.807) is 45.0 Å². The zero-order valence-electron chi connectivity index (χ0n) is 12.6. The molecule has 0 heterocycles. The first-order valence-corrected chi connectivity index (χ1v) is 6.90. The smallest absolute Gasteiger partial charge is 0.410 e. The average Bonchev–Trinajstić information content (AvgIpc) is 2.33. The van der Waals surface area contributed by atoms with Gasteiger partial charge >= 0.3 is 12.1 Å². The van der Waals surface area contributed by atoms with E-state index in [9.17, 15) is 14.7 Å². The van der Waals surface area contributed by atoms with Crippen LogP contribution >= 0.6 is 11.6 Å². The van der Waals surface area contributed by atoms with Gasteiger partial charge in [-0.15, -0.1) is 0 Å². The van der Waals surface area contributed by atoms with Crippen LogP contribution in [-0.2, 0) is 9.53 Å². The molecule has 1 aromatic rings. The third-order valence-electron chi connectivity index (χ3n) is 2.71. The predicted octanol–water partition coefficient (Wildman–Crippen LogP) is 3.38. The largest absolute Gasteiger partial charge is 0.481 e. The first-order chi connectivity index (χ1) is 9.60. The maximum Gasteiger partial charge on any atom is 0.410 e. The molecule has 116 valence electrons. The fraction of sp³-hybridized carbons (Fsp3) is 0.467. The summed E-state index contributed by atoms with van der Waals surface area (Å²) in [5.74, 6) is -1.88. The summed E-state index contributed by atoms with van der Waals surface area (Å²) in [6, 6.07) is 6.61. The third kappa shape index (κ3) is 5.63. The molecule has 6 heteroatoms. The Morgan fingerprint density at radius 1 is 1.38 bits per heavy atom. The quantitative estimate of drug-likeness (QED) is 0.925. The van der Waals surface area contributed by atoms with E-state index in [1.165, 1.54) is 11.9 Å². The van der Waals surface area contributed by atoms with E-state index < -0.39 is 23.6 Å². The molecule has 0 saturated heterocycles. The van der Waals surface area contributed by atoms with E-state index >= 15 is 0 Å². The summed E-state index contributed by atoms with van der Waals surface area (Å²) in [5.41, 5.74) is -0.0782. The number of rotatable bonds is 4. The van der Waals surface area contributed by atoms with E-state index in [2.05, 4.69) is 0 Å². The van der Waals surface area contributed by atoms with Crippen molar-refractivity contribution in [3.05, 3.63) is 34.9 Å². The fourth-order valence-corrected chi connectivity index (χ4v) is 1.94. The number of carboxylic acids is 1. The molecule has 1 N–H and O–H groups in total. The molecule has 1 aromatic carbocycles. The number of carboxylic acid groups (broad SMARTS) is 1. The van der Waals surface area contributed by atoms with Crippen LogP contribution in [0.25, 0.3) is 0 Å². The minimum atomic E-state index is -1.02. The highest BCUT2D eigenvalue weighted by molar-refractivity contribution is 6.30. The molecular formula is C15H20ClNO4. The van der Waals surface area contributed by atoms with Gasteiger partial charge in [-0.25, -0.2) is 4.79 Å². The lowest BCUT2D eigenvalue weighted by Crippen LogP contribution is -2.38. The van der Waals surface area contributed by atoms with E-state index in [0.29, 0.717) is 10.6 Å². The summed E-state index contributed by atoms with van der Waals surface area (Å²) < 4.78 is 5.21. The van der Waals surface area contributed by atoms with Gasteiger partial charge in [0, 0.05) is 18.6 Å². The monoisotopic (exact) mass is 313 g/mol. The number of hydrogen-bond acceptors (Lipinski definition) is 3. The minimum absolute atomic E-state index is 0.00455. The Morgan fingerprint density at radius 2 is 2.00 bits per heavy atom. The zero-order valence-corrected chi connectivity index (χ0v) is 13.3. The SMILES string of the molecule is CN(CC(C(=O)O)c1cccc(Cl)c1)C(=O)OC(C)(C)C. The maximum atomic E-state index is 11.9. The van der Waals surface area contributed by atoms with E-state index in [-0.39, 0.29) is 6.54 Å². The molecule has 1 rings (SSSR count). The zero-order chi connectivity index (χ0) is 16.2. The summed E-state index contributed by atoms with van der Waals surface area (Å²) in [7, 11) is 1.51. The van der Waals surface area contributed by atoms with Gasteiger partial charge in [0.25, 0.3) is 0 Å². The highest BCUT2D eigenvalue weighted by atomic mass is 35.5. The number of aliphatic carboxylic acids is 1. The van der Waals surface area contributed by atoms with Gasteiger partial charge in [-0.05, 0) is 38.5 Å². The Labute approximate surface area is 129 Å². The van der Waals surface area contributed by atoms with Gasteiger partial charge in [0.15, 0.2) is 0 Å². The van der Waals surface area contributed by atoms with Crippen LogP contribution in [0, 0.1) is 0 Å². The number of carbonyl (C=O) groups is 2. The molecule has 1 amide bonds. The highest BCUT2D eigenvalue weighted by Gasteiger charge is 2.26. The minimum Gasteiger partial charge on any atom is -0.481 e. The van der Waals surface area contributed by atoms with Crippen molar-refractivity contribution in [1.29, 1.82) is 0 Å². The van der Waals surface area contributed by atoms with Crippen LogP contribution in [0.4, 0.5) is 4.79 Å². The van der Waals surface area contributed by atoms with E-state index in [1.807, 2.05) is 0 Å². The van der Waals surface area contributed by atoms with Gasteiger partial charge in [-0.3, -0.25) is 4.79 Å². The molecule has 0 saturated carbocycles. The van der Waals surface area contributed by atoms with Crippen molar-refractivity contribution in [2.75, 3.05) is 13.6 Å². The van der Waals surface area contributed by atoms with Gasteiger partial charge in [-0.2, -0.15) is 0 Å². The Balaban J connectivity index is 2.85. The lowest BCUT2D eigenvalue weighted by molar-refractivity contribution is -0.139. The summed E-state index contributed by atoms with van der Waals surface area (Å²) in [6.07, 6.45) is -0.559. The number of carbonyl (C=O) groups excluding carboxylic acids is 1. The summed E-state index contributed by atoms with van der Waals surface area (Å²) in [5, 5.41) is 9.82. The Bertz CT molecular complexity index is 525. The van der Waals surface area contributed by atoms with Crippen LogP contribution in [0.1, 0.15) is 32.3 Å². The molecule has 0 aromatic heterocycles. The lowest BCUT2D eigenvalue weighted by atomic mass is 9.99. The van der Waals surface area contributed by atoms with Crippen LogP contribution < -0.4 is 0 Å². The molecule has 21 heavy (non-hydrogen) atoms. The molecule has 0 radical (unpaired) electrons. The van der Waals surface area contributed by atoms with Crippen LogP contribution in [0.15, 0.2) is 24.3 Å². The highest BCUT2D eigenvalue weighted by Crippen LogP contribution is 2.21. The molecule has 0 fully saturated rings. The second kappa shape index (κ2) is 6.80. The summed E-state index contributed by atoms with van der Waals surface area (Å²) in [6.45, 7) is 5.27. The Kier molecular flexibility index (Phi) is 5.61. The van der Waals surface area contributed by atoms with Crippen molar-refractivity contribution in [3.8, 4) is 0 Å². The molecule has 0 aliphatic rings. The van der Waals surface area contributed by atoms with Crippen molar-refractivity contribution >= 4 is 23.7 Å². The number of halogens is 1. The van der Waals surface area contributed by atoms with Crippen molar-refractivity contribution in [3.63, 3.8) is 0 Å². The predicted molar refractivity (Wildman–Crippen MR) is 80.7 cm³/mol. The molecule has 1 atom stereocenters. The van der Waals surface area contributed by atoms with E-state index in [4.69, 9.17) is 16.3 Å². The topological polar surface area (TPSA) is 66.8 Å². The van der Waals surface area contributed by atoms with E-state index in [0.717, 1.165) is 0 Å². The normalized spacial score (nSPS) is 12.6. The molecule has 0 aliphatic heterocycles. The molecule has 1 unspecified atom stereocenters. The molecular weight excluding hydrogens is 294 g/mol. The number of amides is 1. The van der Waals surface area contributed by atoms with Gasteiger partial charge in [0.2, 0.25) is 0 Å². The molecule has 0 bridgehead atoms. The van der Waals surface area contributed by atoms with Crippen molar-refractivity contribution in [2.24, 2.45) is 0 Å². The summed E-state index contributed by atoms with van der Waals surface area (Å²) >= 11 is 5.88. The van der Waals surface area contributed by atoms with Crippen molar-refractivity contribution in [2.45, 2.75) is 32.3 Å². The Morgan fingerprint density at radius 3 is 2.48 bits per heavy atom. The van der Waals surface area contributed by atoms with Gasteiger partial charge in [0.05, 0.1) is 5.92 Å². The number of benzene rings is 1. The van der Waals surface area contributed by atoms with Crippen LogP contribution in [-0.4, -0.2) is 41.3 Å². The van der Waals surface area contributed by atoms with Crippen LogP contribution in [0.3, 0.4) is 0 Å². The number of likely N-dealkylation sites (N-methyl/N-ethyl adjacent to an activating group) is 1. The molecule has 5 nitrogen and oxygen atoms in total. The van der Waals surface area contributed by atoms with Crippen LogP contribution in [0.5, 0.6) is 0 Å². The maximum absolute atomic E-state index is 11.9. The standard InChI is InChI=1S/C15H20ClNO4/c1-15(2,3)21-14(20)17(4)9-12(13(18)19)10-6-5-7-11(16)8-10/h5-8,12H,9H2,1-4H3,(H,18,19). The number of nitrogens with zero attached hydrogens (tertiary/aromatic N) is 1. The first kappa shape index (κ1) is 17.3. The second-order valence-corrected chi connectivity index (χ2v) is 6.24. The molecule has 0 spiro atoms. The van der Waals surface area contributed by atoms with Crippen LogP contribution in [0.2, 0.25) is 5.02 Å². The van der Waals surface area contributed by atoms with Gasteiger partial charge in [0.1, 0.15) is 5.60 Å². The first-order valence-electron chi connectivity index (χ1n) is 6.52. The second-order valence-electron chi connectivity index (χ2n) is 5.81. The number of ether oxygens (including phenoxy) is 1. The van der Waals surface area contributed by atoms with Crippen molar-refractivity contribution < 1.29 is 19.4 Å². The van der Waals surface area contributed by atoms with Gasteiger partial charge in [-0.1, -0.05) is 23.7 Å².